The molecule has 4 rings (SSSR count). The zero-order valence-corrected chi connectivity index (χ0v) is 17.2. The lowest BCUT2D eigenvalue weighted by Gasteiger charge is -2.41. The first kappa shape index (κ1) is 19.3. The van der Waals surface area contributed by atoms with Gasteiger partial charge in [0.1, 0.15) is 17.1 Å². The number of fused-ring (bicyclic) bond motifs is 2. The number of benzene rings is 3. The summed E-state index contributed by atoms with van der Waals surface area (Å²) in [5.74, 6) is 1.31. The molecule has 0 aliphatic carbocycles. The minimum absolute atomic E-state index is 0.108. The average molecular weight is 389 g/mol. The van der Waals surface area contributed by atoms with E-state index in [2.05, 4.69) is 19.2 Å². The molecule has 0 saturated carbocycles. The Bertz CT molecular complexity index is 1040. The van der Waals surface area contributed by atoms with E-state index in [0.29, 0.717) is 11.3 Å². The molecule has 0 bridgehead atoms. The van der Waals surface area contributed by atoms with Gasteiger partial charge in [-0.15, -0.1) is 0 Å². The van der Waals surface area contributed by atoms with E-state index in [4.69, 9.17) is 9.47 Å². The summed E-state index contributed by atoms with van der Waals surface area (Å²) in [6, 6.07) is 19.7. The van der Waals surface area contributed by atoms with Crippen LogP contribution >= 0.6 is 0 Å². The second-order valence-corrected chi connectivity index (χ2v) is 7.66. The molecule has 0 saturated heterocycles. The van der Waals surface area contributed by atoms with Crippen LogP contribution in [-0.4, -0.2) is 18.6 Å². The number of carbonyl (C=O) groups excluding carboxylic acids is 1. The number of hydrogen-bond acceptors (Lipinski definition) is 3. The van der Waals surface area contributed by atoms with Gasteiger partial charge >= 0.3 is 0 Å². The summed E-state index contributed by atoms with van der Waals surface area (Å²) in [6.07, 6.45) is 2.53. The Labute approximate surface area is 171 Å². The summed E-state index contributed by atoms with van der Waals surface area (Å²) in [5.41, 5.74) is 1.31. The van der Waals surface area contributed by atoms with Gasteiger partial charge in [0, 0.05) is 12.0 Å². The van der Waals surface area contributed by atoms with Crippen molar-refractivity contribution in [1.82, 2.24) is 5.32 Å². The van der Waals surface area contributed by atoms with E-state index in [1.807, 2.05) is 60.7 Å². The predicted molar refractivity (Wildman–Crippen MR) is 116 cm³/mol. The lowest BCUT2D eigenvalue weighted by atomic mass is 9.83. The zero-order chi connectivity index (χ0) is 20.4. The first-order valence-electron chi connectivity index (χ1n) is 10.2. The Morgan fingerprint density at radius 3 is 2.41 bits per heavy atom. The molecule has 1 heterocycles. The molecule has 4 heteroatoms. The maximum absolute atomic E-state index is 13.3. The molecule has 1 aliphatic heterocycles. The number of hydrogen-bond donors (Lipinski definition) is 1. The summed E-state index contributed by atoms with van der Waals surface area (Å²) >= 11 is 0. The zero-order valence-electron chi connectivity index (χ0n) is 17.2. The smallest absolute Gasteiger partial charge is 0.255 e. The van der Waals surface area contributed by atoms with Crippen LogP contribution in [0.4, 0.5) is 0 Å². The molecule has 29 heavy (non-hydrogen) atoms. The van der Waals surface area contributed by atoms with Crippen LogP contribution in [0.1, 0.15) is 55.1 Å². The molecule has 150 valence electrons. The highest BCUT2D eigenvalue weighted by Gasteiger charge is 2.39. The van der Waals surface area contributed by atoms with E-state index < -0.39 is 0 Å². The van der Waals surface area contributed by atoms with E-state index >= 15 is 0 Å². The van der Waals surface area contributed by atoms with Gasteiger partial charge in [-0.05, 0) is 41.8 Å². The molecule has 1 amide bonds. The predicted octanol–water partition coefficient (Wildman–Crippen LogP) is 5.66. The second-order valence-electron chi connectivity index (χ2n) is 7.66. The molecule has 1 aliphatic rings. The molecule has 3 aromatic rings. The normalized spacial score (nSPS) is 17.3. The lowest BCUT2D eigenvalue weighted by molar-refractivity contribution is 0.0227. The van der Waals surface area contributed by atoms with Crippen molar-refractivity contribution < 1.29 is 14.3 Å². The van der Waals surface area contributed by atoms with Gasteiger partial charge in [-0.3, -0.25) is 4.79 Å². The minimum atomic E-state index is -0.264. The number of rotatable bonds is 5. The lowest BCUT2D eigenvalue weighted by Crippen LogP contribution is -2.44. The molecule has 0 radical (unpaired) electrons. The van der Waals surface area contributed by atoms with Crippen molar-refractivity contribution in [2.75, 3.05) is 7.11 Å². The van der Waals surface area contributed by atoms with Gasteiger partial charge in [-0.1, -0.05) is 56.3 Å². The molecule has 0 aromatic heterocycles. The van der Waals surface area contributed by atoms with Crippen LogP contribution in [-0.2, 0) is 0 Å². The molecule has 1 atom stereocenters. The maximum Gasteiger partial charge on any atom is 0.255 e. The second kappa shape index (κ2) is 7.78. The number of para-hydroxylation sites is 1. The highest BCUT2D eigenvalue weighted by molar-refractivity contribution is 6.01. The summed E-state index contributed by atoms with van der Waals surface area (Å²) in [4.78, 5) is 13.3. The summed E-state index contributed by atoms with van der Waals surface area (Å²) < 4.78 is 11.9. The molecular weight excluding hydrogens is 362 g/mol. The third-order valence-electron chi connectivity index (χ3n) is 6.10. The van der Waals surface area contributed by atoms with Gasteiger partial charge in [0.25, 0.3) is 5.91 Å². The Balaban J connectivity index is 1.70. The fourth-order valence-corrected chi connectivity index (χ4v) is 4.23. The van der Waals surface area contributed by atoms with Crippen molar-refractivity contribution in [3.05, 3.63) is 71.8 Å². The summed E-state index contributed by atoms with van der Waals surface area (Å²) in [6.45, 7) is 4.28. The van der Waals surface area contributed by atoms with E-state index in [1.165, 1.54) is 0 Å². The fraction of sp³-hybridized carbons (Fsp3) is 0.320. The van der Waals surface area contributed by atoms with Gasteiger partial charge in [-0.25, -0.2) is 0 Å². The van der Waals surface area contributed by atoms with E-state index in [1.54, 1.807) is 7.11 Å². The van der Waals surface area contributed by atoms with Crippen molar-refractivity contribution >= 4 is 16.7 Å². The number of amides is 1. The highest BCUT2D eigenvalue weighted by Crippen LogP contribution is 2.43. The highest BCUT2D eigenvalue weighted by atomic mass is 16.5. The van der Waals surface area contributed by atoms with Crippen molar-refractivity contribution in [3.63, 3.8) is 0 Å². The van der Waals surface area contributed by atoms with Crippen LogP contribution in [0.15, 0.2) is 60.7 Å². The van der Waals surface area contributed by atoms with Crippen LogP contribution in [0.2, 0.25) is 0 Å². The standard InChI is InChI=1S/C25H27NO3/c1-4-25(5-2)16-21(19-12-8-9-13-22(19)29-25)26-24(27)20-14-17-10-6-7-11-18(17)15-23(20)28-3/h6-15,21H,4-5,16H2,1-3H3,(H,26,27)/t21-/m1/s1. The van der Waals surface area contributed by atoms with Crippen molar-refractivity contribution in [2.24, 2.45) is 0 Å². The van der Waals surface area contributed by atoms with Crippen LogP contribution in [0, 0.1) is 0 Å². The number of carbonyl (C=O) groups is 1. The number of nitrogens with one attached hydrogen (secondary N) is 1. The molecule has 3 aromatic carbocycles. The molecule has 0 spiro atoms. The number of ether oxygens (including phenoxy) is 2. The van der Waals surface area contributed by atoms with E-state index in [9.17, 15) is 4.79 Å². The van der Waals surface area contributed by atoms with Crippen molar-refractivity contribution in [3.8, 4) is 11.5 Å². The van der Waals surface area contributed by atoms with Gasteiger partial charge in [0.2, 0.25) is 0 Å². The Hall–Kier alpha value is -3.01. The van der Waals surface area contributed by atoms with Crippen LogP contribution in [0.3, 0.4) is 0 Å². The number of methoxy groups -OCH3 is 1. The van der Waals surface area contributed by atoms with E-state index in [-0.39, 0.29) is 17.6 Å². The van der Waals surface area contributed by atoms with Crippen LogP contribution in [0.25, 0.3) is 10.8 Å². The van der Waals surface area contributed by atoms with Crippen molar-refractivity contribution in [2.45, 2.75) is 44.8 Å². The van der Waals surface area contributed by atoms with E-state index in [0.717, 1.165) is 41.3 Å². The third-order valence-corrected chi connectivity index (χ3v) is 6.10. The molecule has 1 N–H and O–H groups in total. The SMILES string of the molecule is CCC1(CC)C[C@@H](NC(=O)c2cc3ccccc3cc2OC)c2ccccc2O1. The molecule has 0 unspecified atom stereocenters. The molecule has 0 fully saturated rings. The van der Waals surface area contributed by atoms with Crippen molar-refractivity contribution in [1.29, 1.82) is 0 Å². The van der Waals surface area contributed by atoms with Gasteiger partial charge in [-0.2, -0.15) is 0 Å². The molecule has 4 nitrogen and oxygen atoms in total. The Kier molecular flexibility index (Phi) is 5.18. The first-order valence-corrected chi connectivity index (χ1v) is 10.2. The quantitative estimate of drug-likeness (QED) is 0.612. The average Bonchev–Trinajstić information content (AvgIpc) is 2.77. The maximum atomic E-state index is 13.3. The monoisotopic (exact) mass is 389 g/mol. The van der Waals surface area contributed by atoms with Crippen LogP contribution in [0.5, 0.6) is 11.5 Å². The first-order chi connectivity index (χ1) is 14.1. The Morgan fingerprint density at radius 1 is 1.07 bits per heavy atom. The van der Waals surface area contributed by atoms with Gasteiger partial charge in [0.15, 0.2) is 0 Å². The third kappa shape index (κ3) is 3.55. The topological polar surface area (TPSA) is 47.6 Å². The summed E-state index contributed by atoms with van der Waals surface area (Å²) in [7, 11) is 1.60. The Morgan fingerprint density at radius 2 is 1.72 bits per heavy atom. The largest absolute Gasteiger partial charge is 0.496 e. The van der Waals surface area contributed by atoms with Crippen LogP contribution < -0.4 is 14.8 Å². The van der Waals surface area contributed by atoms with Gasteiger partial charge < -0.3 is 14.8 Å². The minimum Gasteiger partial charge on any atom is -0.496 e. The molecular formula is C25H27NO3. The van der Waals surface area contributed by atoms with Gasteiger partial charge in [0.05, 0.1) is 18.7 Å². The summed E-state index contributed by atoms with van der Waals surface area (Å²) in [5, 5.41) is 5.32. The fourth-order valence-electron chi connectivity index (χ4n) is 4.23.